The normalized spacial score (nSPS) is 21.6. The molecule has 114 valence electrons. The Morgan fingerprint density at radius 2 is 1.71 bits per heavy atom. The lowest BCUT2D eigenvalue weighted by molar-refractivity contribution is 0.655. The van der Waals surface area contributed by atoms with E-state index in [9.17, 15) is 0 Å². The standard InChI is InChI=1S/C17H24ClN3/c18-15-7-8-17(20-16(15)9-19-14-5-6-14)21(10-12-1-2-12)11-13-3-4-13/h7-8,12-14,19H,1-6,9-11H2. The molecule has 4 heteroatoms. The lowest BCUT2D eigenvalue weighted by atomic mass is 10.2. The highest BCUT2D eigenvalue weighted by Gasteiger charge is 2.30. The fraction of sp³-hybridized carbons (Fsp3) is 0.706. The highest BCUT2D eigenvalue weighted by molar-refractivity contribution is 6.31. The molecule has 1 N–H and O–H groups in total. The molecule has 4 rings (SSSR count). The molecule has 0 atom stereocenters. The van der Waals surface area contributed by atoms with Gasteiger partial charge in [-0.2, -0.15) is 0 Å². The van der Waals surface area contributed by atoms with Gasteiger partial charge >= 0.3 is 0 Å². The molecule has 3 aliphatic carbocycles. The van der Waals surface area contributed by atoms with Crippen molar-refractivity contribution in [3.63, 3.8) is 0 Å². The molecule has 3 fully saturated rings. The van der Waals surface area contributed by atoms with Crippen LogP contribution in [0.1, 0.15) is 44.2 Å². The van der Waals surface area contributed by atoms with E-state index in [0.29, 0.717) is 6.04 Å². The predicted molar refractivity (Wildman–Crippen MR) is 86.8 cm³/mol. The molecule has 1 aromatic rings. The minimum atomic E-state index is 0.695. The molecule has 0 radical (unpaired) electrons. The van der Waals surface area contributed by atoms with Crippen LogP contribution in [-0.4, -0.2) is 24.1 Å². The first-order valence-electron chi connectivity index (χ1n) is 8.41. The van der Waals surface area contributed by atoms with Gasteiger partial charge in [0.05, 0.1) is 10.7 Å². The van der Waals surface area contributed by atoms with Crippen LogP contribution >= 0.6 is 11.6 Å². The second kappa shape index (κ2) is 5.77. The number of nitrogens with one attached hydrogen (secondary N) is 1. The lowest BCUT2D eigenvalue weighted by Gasteiger charge is -2.24. The van der Waals surface area contributed by atoms with Crippen molar-refractivity contribution in [3.8, 4) is 0 Å². The number of anilines is 1. The van der Waals surface area contributed by atoms with E-state index in [0.717, 1.165) is 34.9 Å². The number of halogens is 1. The maximum absolute atomic E-state index is 6.32. The van der Waals surface area contributed by atoms with E-state index in [2.05, 4.69) is 16.3 Å². The fourth-order valence-electron chi connectivity index (χ4n) is 2.79. The third-order valence-electron chi connectivity index (χ3n) is 4.71. The first-order valence-corrected chi connectivity index (χ1v) is 8.79. The van der Waals surface area contributed by atoms with Crippen molar-refractivity contribution in [3.05, 3.63) is 22.8 Å². The fourth-order valence-corrected chi connectivity index (χ4v) is 2.96. The molecule has 0 bridgehead atoms. The van der Waals surface area contributed by atoms with E-state index < -0.39 is 0 Å². The van der Waals surface area contributed by atoms with Crippen molar-refractivity contribution < 1.29 is 0 Å². The smallest absolute Gasteiger partial charge is 0.128 e. The number of aromatic nitrogens is 1. The Morgan fingerprint density at radius 3 is 2.29 bits per heavy atom. The van der Waals surface area contributed by atoms with Gasteiger partial charge in [-0.05, 0) is 62.5 Å². The summed E-state index contributed by atoms with van der Waals surface area (Å²) in [7, 11) is 0. The number of hydrogen-bond donors (Lipinski definition) is 1. The lowest BCUT2D eigenvalue weighted by Crippen LogP contribution is -2.29. The van der Waals surface area contributed by atoms with Crippen LogP contribution in [0.3, 0.4) is 0 Å². The second-order valence-corrected chi connectivity index (χ2v) is 7.45. The summed E-state index contributed by atoms with van der Waals surface area (Å²) < 4.78 is 0. The molecule has 3 nitrogen and oxygen atoms in total. The van der Waals surface area contributed by atoms with Crippen molar-refractivity contribution in [2.24, 2.45) is 11.8 Å². The maximum Gasteiger partial charge on any atom is 0.128 e. The van der Waals surface area contributed by atoms with Crippen molar-refractivity contribution in [1.29, 1.82) is 0 Å². The van der Waals surface area contributed by atoms with Crippen LogP contribution < -0.4 is 10.2 Å². The summed E-state index contributed by atoms with van der Waals surface area (Å²) in [5.74, 6) is 2.93. The van der Waals surface area contributed by atoms with Crippen molar-refractivity contribution >= 4 is 17.4 Å². The quantitative estimate of drug-likeness (QED) is 0.795. The van der Waals surface area contributed by atoms with E-state index in [1.54, 1.807) is 0 Å². The average molecular weight is 306 g/mol. The number of nitrogens with zero attached hydrogens (tertiary/aromatic N) is 2. The van der Waals surface area contributed by atoms with Gasteiger partial charge in [0.2, 0.25) is 0 Å². The summed E-state index contributed by atoms with van der Waals surface area (Å²) in [4.78, 5) is 7.37. The molecule has 3 aliphatic rings. The van der Waals surface area contributed by atoms with Gasteiger partial charge < -0.3 is 10.2 Å². The highest BCUT2D eigenvalue weighted by Crippen LogP contribution is 2.35. The zero-order valence-electron chi connectivity index (χ0n) is 12.5. The van der Waals surface area contributed by atoms with Crippen molar-refractivity contribution in [1.82, 2.24) is 10.3 Å². The highest BCUT2D eigenvalue weighted by atomic mass is 35.5. The molecule has 0 unspecified atom stereocenters. The summed E-state index contributed by atoms with van der Waals surface area (Å²) in [5.41, 5.74) is 1.01. The van der Waals surface area contributed by atoms with E-state index in [4.69, 9.17) is 16.6 Å². The maximum atomic E-state index is 6.32. The molecular formula is C17H24ClN3. The Labute approximate surface area is 132 Å². The Bertz CT molecular complexity index is 493. The van der Waals surface area contributed by atoms with Gasteiger partial charge in [-0.15, -0.1) is 0 Å². The van der Waals surface area contributed by atoms with Gasteiger partial charge in [0.1, 0.15) is 5.82 Å². The largest absolute Gasteiger partial charge is 0.356 e. The number of rotatable bonds is 8. The van der Waals surface area contributed by atoms with Gasteiger partial charge in [-0.25, -0.2) is 4.98 Å². The first-order chi connectivity index (χ1) is 10.3. The van der Waals surface area contributed by atoms with Gasteiger partial charge in [0, 0.05) is 25.7 Å². The minimum Gasteiger partial charge on any atom is -0.356 e. The summed E-state index contributed by atoms with van der Waals surface area (Å²) in [6.07, 6.45) is 8.17. The summed E-state index contributed by atoms with van der Waals surface area (Å²) in [5, 5.41) is 4.32. The van der Waals surface area contributed by atoms with Gasteiger partial charge in [-0.3, -0.25) is 0 Å². The average Bonchev–Trinajstić information content (AvgIpc) is 3.34. The van der Waals surface area contributed by atoms with Crippen LogP contribution in [0.4, 0.5) is 5.82 Å². The minimum absolute atomic E-state index is 0.695. The third kappa shape index (κ3) is 3.89. The van der Waals surface area contributed by atoms with E-state index >= 15 is 0 Å². The van der Waals surface area contributed by atoms with Crippen LogP contribution in [0.25, 0.3) is 0 Å². The molecular weight excluding hydrogens is 282 g/mol. The molecule has 0 aromatic carbocycles. The summed E-state index contributed by atoms with van der Waals surface area (Å²) in [6, 6.07) is 4.83. The molecule has 0 amide bonds. The number of pyridine rings is 1. The van der Waals surface area contributed by atoms with Gasteiger partial charge in [0.25, 0.3) is 0 Å². The Kier molecular flexibility index (Phi) is 3.80. The molecule has 0 saturated heterocycles. The Hall–Kier alpha value is -0.800. The van der Waals surface area contributed by atoms with E-state index in [1.165, 1.54) is 51.6 Å². The zero-order chi connectivity index (χ0) is 14.2. The van der Waals surface area contributed by atoms with E-state index in [-0.39, 0.29) is 0 Å². The second-order valence-electron chi connectivity index (χ2n) is 7.04. The van der Waals surface area contributed by atoms with Crippen LogP contribution in [-0.2, 0) is 6.54 Å². The summed E-state index contributed by atoms with van der Waals surface area (Å²) >= 11 is 6.32. The molecule has 21 heavy (non-hydrogen) atoms. The van der Waals surface area contributed by atoms with Gasteiger partial charge in [-0.1, -0.05) is 11.6 Å². The molecule has 1 aromatic heterocycles. The first kappa shape index (κ1) is 13.8. The predicted octanol–water partition coefficient (Wildman–Crippen LogP) is 3.61. The van der Waals surface area contributed by atoms with Gasteiger partial charge in [0.15, 0.2) is 0 Å². The molecule has 0 spiro atoms. The van der Waals surface area contributed by atoms with E-state index in [1.807, 2.05) is 6.07 Å². The van der Waals surface area contributed by atoms with Crippen molar-refractivity contribution in [2.45, 2.75) is 51.1 Å². The third-order valence-corrected chi connectivity index (χ3v) is 5.06. The summed E-state index contributed by atoms with van der Waals surface area (Å²) in [6.45, 7) is 3.17. The van der Waals surface area contributed by atoms with Crippen LogP contribution in [0.2, 0.25) is 5.02 Å². The molecule has 0 aliphatic heterocycles. The Balaban J connectivity index is 1.48. The SMILES string of the molecule is Clc1ccc(N(CC2CC2)CC2CC2)nc1CNC1CC1. The topological polar surface area (TPSA) is 28.2 Å². The number of hydrogen-bond acceptors (Lipinski definition) is 3. The monoisotopic (exact) mass is 305 g/mol. The molecule has 1 heterocycles. The zero-order valence-corrected chi connectivity index (χ0v) is 13.3. The Morgan fingerprint density at radius 1 is 1.05 bits per heavy atom. The van der Waals surface area contributed by atoms with Crippen LogP contribution in [0.5, 0.6) is 0 Å². The molecule has 3 saturated carbocycles. The van der Waals surface area contributed by atoms with Crippen LogP contribution in [0, 0.1) is 11.8 Å². The van der Waals surface area contributed by atoms with Crippen molar-refractivity contribution in [2.75, 3.05) is 18.0 Å². The van der Waals surface area contributed by atoms with Crippen LogP contribution in [0.15, 0.2) is 12.1 Å².